The third kappa shape index (κ3) is 4.90. The molecule has 2 aromatic rings. The Kier molecular flexibility index (Phi) is 6.98. The van der Waals surface area contributed by atoms with E-state index in [1.807, 2.05) is 0 Å². The van der Waals surface area contributed by atoms with Gasteiger partial charge in [0, 0.05) is 27.3 Å². The zero-order chi connectivity index (χ0) is 26.3. The summed E-state index contributed by atoms with van der Waals surface area (Å²) >= 11 is 0. The highest BCUT2D eigenvalue weighted by Crippen LogP contribution is 2.38. The van der Waals surface area contributed by atoms with Crippen LogP contribution in [0.15, 0.2) is 9.59 Å². The number of rotatable bonds is 8. The van der Waals surface area contributed by atoms with Gasteiger partial charge in [0.25, 0.3) is 5.56 Å². The Balaban J connectivity index is 1.89. The number of carbonyl (C=O) groups excluding carboxylic acids is 3. The molecule has 1 aliphatic carbocycles. The number of aromatic nitrogens is 4. The van der Waals surface area contributed by atoms with Crippen molar-refractivity contribution in [1.82, 2.24) is 19.1 Å². The number of nitrogens with zero attached hydrogens (tertiary/aromatic N) is 3. The number of alkyl halides is 1. The first kappa shape index (κ1) is 25.5. The molecule has 2 N–H and O–H groups in total. The lowest BCUT2D eigenvalue weighted by Crippen LogP contribution is -2.40. The number of hydrogen-bond acceptors (Lipinski definition) is 9. The van der Waals surface area contributed by atoms with Gasteiger partial charge in [-0.15, -0.1) is 0 Å². The molecular formula is C22H28FN5O8. The van der Waals surface area contributed by atoms with Crippen LogP contribution in [0.2, 0.25) is 0 Å². The Morgan fingerprint density at radius 3 is 2.47 bits per heavy atom. The van der Waals surface area contributed by atoms with Crippen molar-refractivity contribution in [1.29, 1.82) is 0 Å². The van der Waals surface area contributed by atoms with E-state index in [0.717, 1.165) is 24.3 Å². The molecule has 0 aromatic carbocycles. The first-order valence-electron chi connectivity index (χ1n) is 11.7. The summed E-state index contributed by atoms with van der Waals surface area (Å²) in [5, 5.41) is 2.36. The van der Waals surface area contributed by atoms with Crippen molar-refractivity contribution in [2.24, 2.45) is 5.92 Å². The molecule has 1 unspecified atom stereocenters. The third-order valence-corrected chi connectivity index (χ3v) is 6.09. The first-order chi connectivity index (χ1) is 17.0. The van der Waals surface area contributed by atoms with Gasteiger partial charge >= 0.3 is 17.6 Å². The zero-order valence-corrected chi connectivity index (χ0v) is 20.3. The smallest absolute Gasteiger partial charge is 0.332 e. The minimum absolute atomic E-state index is 0.0861. The second-order valence-electron chi connectivity index (χ2n) is 9.04. The molecule has 0 bridgehead atoms. The Hall–Kier alpha value is -3.55. The van der Waals surface area contributed by atoms with Crippen LogP contribution >= 0.6 is 0 Å². The van der Waals surface area contributed by atoms with E-state index < -0.39 is 59.8 Å². The summed E-state index contributed by atoms with van der Waals surface area (Å²) in [7, 11) is 0. The topological polar surface area (TPSA) is 164 Å². The fourth-order valence-electron chi connectivity index (χ4n) is 4.43. The summed E-state index contributed by atoms with van der Waals surface area (Å²) in [5.74, 6) is -2.04. The maximum Gasteiger partial charge on any atom is 0.332 e. The van der Waals surface area contributed by atoms with Crippen LogP contribution in [0.3, 0.4) is 0 Å². The van der Waals surface area contributed by atoms with E-state index in [-0.39, 0.29) is 36.0 Å². The number of carbonyl (C=O) groups is 3. The largest absolute Gasteiger partial charge is 0.460 e. The summed E-state index contributed by atoms with van der Waals surface area (Å²) in [6.45, 7) is 5.35. The number of ether oxygens (including phenoxy) is 3. The van der Waals surface area contributed by atoms with Crippen LogP contribution in [0.25, 0.3) is 11.2 Å². The maximum absolute atomic E-state index is 15.7. The van der Waals surface area contributed by atoms with E-state index in [0.29, 0.717) is 0 Å². The fourth-order valence-corrected chi connectivity index (χ4v) is 4.43. The van der Waals surface area contributed by atoms with Gasteiger partial charge in [-0.3, -0.25) is 34.0 Å². The predicted octanol–water partition coefficient (Wildman–Crippen LogP) is 0.764. The molecule has 0 radical (unpaired) electrons. The van der Waals surface area contributed by atoms with Crippen molar-refractivity contribution >= 4 is 35.0 Å². The zero-order valence-electron chi connectivity index (χ0n) is 20.3. The number of amides is 1. The highest BCUT2D eigenvalue weighted by atomic mass is 19.1. The number of fused-ring (bicyclic) bond motifs is 1. The highest BCUT2D eigenvalue weighted by molar-refractivity contribution is 5.87. The summed E-state index contributed by atoms with van der Waals surface area (Å²) < 4.78 is 34.2. The summed E-state index contributed by atoms with van der Waals surface area (Å²) in [6, 6.07) is 0. The van der Waals surface area contributed by atoms with Crippen molar-refractivity contribution in [3.63, 3.8) is 0 Å². The molecule has 1 aliphatic heterocycles. The van der Waals surface area contributed by atoms with Gasteiger partial charge in [0.15, 0.2) is 29.7 Å². The average Bonchev–Trinajstić information content (AvgIpc) is 3.49. The van der Waals surface area contributed by atoms with E-state index in [2.05, 4.69) is 15.3 Å². The summed E-state index contributed by atoms with van der Waals surface area (Å²) in [4.78, 5) is 68.2. The highest BCUT2D eigenvalue weighted by Gasteiger charge is 2.53. The quantitative estimate of drug-likeness (QED) is 0.489. The standard InChI is InChI=1S/C22H28FN5O8/c1-5-13(34-10(3)30)16-14(23)17(35-11(4)31)20(36-16)28-18-15(27(22(28)33)8-12-6-7-12)19(32)26-21(25-18)24-9(2)29/h12-14,16-17,20H,5-8H2,1-4H3,(H2,24,25,26,29,32)/t13?,14-,16+,17+,20+/m0/s1. The normalized spacial score (nSPS) is 24.5. The molecule has 2 aliphatic rings. The Morgan fingerprint density at radius 1 is 1.22 bits per heavy atom. The van der Waals surface area contributed by atoms with Gasteiger partial charge in [-0.1, -0.05) is 6.92 Å². The molecule has 36 heavy (non-hydrogen) atoms. The monoisotopic (exact) mass is 509 g/mol. The average molecular weight is 509 g/mol. The van der Waals surface area contributed by atoms with Crippen LogP contribution < -0.4 is 16.6 Å². The van der Waals surface area contributed by atoms with Crippen LogP contribution in [0, 0.1) is 5.92 Å². The molecule has 1 saturated heterocycles. The Bertz CT molecular complexity index is 1310. The second-order valence-corrected chi connectivity index (χ2v) is 9.04. The molecular weight excluding hydrogens is 481 g/mol. The Labute approximate surface area is 203 Å². The van der Waals surface area contributed by atoms with Gasteiger partial charge in [0.1, 0.15) is 12.2 Å². The van der Waals surface area contributed by atoms with Crippen LogP contribution in [0.1, 0.15) is 53.2 Å². The van der Waals surface area contributed by atoms with Crippen LogP contribution in [0.5, 0.6) is 0 Å². The van der Waals surface area contributed by atoms with Gasteiger partial charge in [0.2, 0.25) is 11.9 Å². The van der Waals surface area contributed by atoms with Crippen molar-refractivity contribution in [3.8, 4) is 0 Å². The summed E-state index contributed by atoms with van der Waals surface area (Å²) in [5.41, 5.74) is -1.67. The third-order valence-electron chi connectivity index (χ3n) is 6.09. The van der Waals surface area contributed by atoms with E-state index >= 15 is 4.39 Å². The number of halogens is 1. The molecule has 196 valence electrons. The van der Waals surface area contributed by atoms with Crippen LogP contribution in [-0.4, -0.2) is 61.4 Å². The van der Waals surface area contributed by atoms with Gasteiger partial charge in [-0.05, 0) is 25.2 Å². The van der Waals surface area contributed by atoms with Crippen molar-refractivity contribution < 1.29 is 33.0 Å². The SMILES string of the molecule is CCC(OC(C)=O)[C@H]1O[C@@H](n2c(=O)n(CC3CC3)c3c(=O)[nH]c(NC(C)=O)nc32)[C@H](OC(C)=O)[C@H]1F. The van der Waals surface area contributed by atoms with Crippen molar-refractivity contribution in [3.05, 3.63) is 20.8 Å². The number of anilines is 1. The first-order valence-corrected chi connectivity index (χ1v) is 11.7. The lowest BCUT2D eigenvalue weighted by Gasteiger charge is -2.23. The molecule has 5 atom stereocenters. The van der Waals surface area contributed by atoms with Gasteiger partial charge < -0.3 is 14.2 Å². The van der Waals surface area contributed by atoms with E-state index in [9.17, 15) is 24.0 Å². The number of imidazole rings is 1. The number of esters is 2. The fraction of sp³-hybridized carbons (Fsp3) is 0.636. The minimum atomic E-state index is -1.96. The Morgan fingerprint density at radius 2 is 1.92 bits per heavy atom. The van der Waals surface area contributed by atoms with Gasteiger partial charge in [-0.2, -0.15) is 4.98 Å². The van der Waals surface area contributed by atoms with Gasteiger partial charge in [0.05, 0.1) is 0 Å². The number of aromatic amines is 1. The van der Waals surface area contributed by atoms with E-state index in [1.165, 1.54) is 18.4 Å². The molecule has 1 saturated carbocycles. The van der Waals surface area contributed by atoms with Crippen molar-refractivity contribution in [2.75, 3.05) is 5.32 Å². The number of nitrogens with one attached hydrogen (secondary N) is 2. The molecule has 13 nitrogen and oxygen atoms in total. The second kappa shape index (κ2) is 9.84. The summed E-state index contributed by atoms with van der Waals surface area (Å²) in [6.07, 6.45) is -5.53. The molecule has 2 fully saturated rings. The molecule has 2 aromatic heterocycles. The van der Waals surface area contributed by atoms with Gasteiger partial charge in [-0.25, -0.2) is 13.8 Å². The molecule has 0 spiro atoms. The minimum Gasteiger partial charge on any atom is -0.460 e. The predicted molar refractivity (Wildman–Crippen MR) is 122 cm³/mol. The van der Waals surface area contributed by atoms with Crippen molar-refractivity contribution in [2.45, 2.75) is 84.2 Å². The molecule has 14 heteroatoms. The lowest BCUT2D eigenvalue weighted by molar-refractivity contribution is -0.159. The molecule has 1 amide bonds. The molecule has 3 heterocycles. The maximum atomic E-state index is 15.7. The van der Waals surface area contributed by atoms with Crippen LogP contribution in [0.4, 0.5) is 10.3 Å². The number of H-pyrrole nitrogens is 1. The van der Waals surface area contributed by atoms with Crippen LogP contribution in [-0.2, 0) is 35.1 Å². The molecule has 4 rings (SSSR count). The van der Waals surface area contributed by atoms with E-state index in [4.69, 9.17) is 14.2 Å². The number of hydrogen-bond donors (Lipinski definition) is 2. The van der Waals surface area contributed by atoms with E-state index in [1.54, 1.807) is 6.92 Å². The lowest BCUT2D eigenvalue weighted by atomic mass is 10.0.